The second kappa shape index (κ2) is 10.4. The molecule has 0 spiro atoms. The molecule has 0 aliphatic heterocycles. The quantitative estimate of drug-likeness (QED) is 0.676. The molecule has 0 aliphatic carbocycles. The van der Waals surface area contributed by atoms with Crippen molar-refractivity contribution in [2.75, 3.05) is 13.1 Å². The van der Waals surface area contributed by atoms with E-state index in [0.717, 1.165) is 19.5 Å². The van der Waals surface area contributed by atoms with Crippen LogP contribution in [0.3, 0.4) is 0 Å². The summed E-state index contributed by atoms with van der Waals surface area (Å²) in [5.41, 5.74) is 0.249. The molecule has 0 amide bonds. The summed E-state index contributed by atoms with van der Waals surface area (Å²) in [6.45, 7) is 12.4. The van der Waals surface area contributed by atoms with E-state index in [9.17, 15) is 0 Å². The summed E-state index contributed by atoms with van der Waals surface area (Å²) in [4.78, 5) is 1.23. The predicted molar refractivity (Wildman–Crippen MR) is 68.6 cm³/mol. The molecule has 0 aromatic carbocycles. The van der Waals surface area contributed by atoms with Gasteiger partial charge >= 0.3 is 21.1 Å². The Kier molecular flexibility index (Phi) is 12.2. The van der Waals surface area contributed by atoms with Gasteiger partial charge in [-0.1, -0.05) is 51.6 Å². The van der Waals surface area contributed by atoms with Crippen LogP contribution in [0.1, 0.15) is 39.5 Å². The van der Waals surface area contributed by atoms with Crippen LogP contribution in [0.2, 0.25) is 0 Å². The molecule has 0 N–H and O–H groups in total. The molecular weight excluding hydrogens is 388 g/mol. The standard InChI is InChI=1S/C10H16N2S.C2H6.W/c1-4-11-8-10(2,3)7-9-5-6-12-13-9;1-2;/h6H,4,7-8H2,1-3H3;1-2H3;/q-2;;+2. The fraction of sp³-hybridized carbons (Fsp3) is 0.750. The molecule has 0 unspecified atom stereocenters. The van der Waals surface area contributed by atoms with Crippen molar-refractivity contribution in [3.05, 3.63) is 22.5 Å². The average Bonchev–Trinajstić information content (AvgIpc) is 2.70. The summed E-state index contributed by atoms with van der Waals surface area (Å²) in [6, 6.07) is 3.14. The van der Waals surface area contributed by atoms with Crippen molar-refractivity contribution >= 4 is 11.5 Å². The van der Waals surface area contributed by atoms with Crippen molar-refractivity contribution in [1.29, 1.82) is 0 Å². The van der Waals surface area contributed by atoms with E-state index in [0.29, 0.717) is 0 Å². The third-order valence-corrected chi connectivity index (χ3v) is 2.54. The Morgan fingerprint density at radius 3 is 2.50 bits per heavy atom. The zero-order valence-corrected chi connectivity index (χ0v) is 14.7. The van der Waals surface area contributed by atoms with Crippen LogP contribution in [0.4, 0.5) is 0 Å². The molecule has 0 saturated heterocycles. The van der Waals surface area contributed by atoms with E-state index in [1.54, 1.807) is 6.20 Å². The van der Waals surface area contributed by atoms with Crippen LogP contribution in [0.5, 0.6) is 0 Å². The van der Waals surface area contributed by atoms with Crippen LogP contribution in [-0.2, 0) is 27.5 Å². The molecule has 1 aromatic rings. The fourth-order valence-corrected chi connectivity index (χ4v) is 2.00. The van der Waals surface area contributed by atoms with Gasteiger partial charge < -0.3 is 11.4 Å². The minimum Gasteiger partial charge on any atom is -0.662 e. The van der Waals surface area contributed by atoms with Crippen molar-refractivity contribution in [2.24, 2.45) is 5.41 Å². The van der Waals surface area contributed by atoms with Gasteiger partial charge in [0.2, 0.25) is 0 Å². The SMILES string of the molecule is CC.CC[N-]CC(C)(C)Cc1[c-]cns1.[W+2]. The average molecular weight is 410 g/mol. The summed E-state index contributed by atoms with van der Waals surface area (Å²) in [5, 5.41) is 4.39. The Balaban J connectivity index is 0. The van der Waals surface area contributed by atoms with E-state index >= 15 is 0 Å². The summed E-state index contributed by atoms with van der Waals surface area (Å²) in [6.07, 6.45) is 2.77. The Bertz CT molecular complexity index is 235. The van der Waals surface area contributed by atoms with Crippen molar-refractivity contribution in [1.82, 2.24) is 4.37 Å². The number of aromatic nitrogens is 1. The van der Waals surface area contributed by atoms with E-state index < -0.39 is 0 Å². The van der Waals surface area contributed by atoms with Gasteiger partial charge in [-0.2, -0.15) is 11.4 Å². The number of nitrogens with zero attached hydrogens (tertiary/aromatic N) is 2. The van der Waals surface area contributed by atoms with Gasteiger partial charge in [-0.15, -0.1) is 12.7 Å². The molecule has 1 rings (SSSR count). The third-order valence-electron chi connectivity index (χ3n) is 1.84. The van der Waals surface area contributed by atoms with Gasteiger partial charge in [0.1, 0.15) is 0 Å². The Hall–Kier alpha value is 0.278. The molecule has 16 heavy (non-hydrogen) atoms. The van der Waals surface area contributed by atoms with Crippen LogP contribution < -0.4 is 0 Å². The first kappa shape index (κ1) is 18.6. The summed E-state index contributed by atoms with van der Waals surface area (Å²) in [5.74, 6) is 0. The van der Waals surface area contributed by atoms with Crippen LogP contribution >= 0.6 is 11.5 Å². The molecule has 2 nitrogen and oxygen atoms in total. The number of rotatable bonds is 5. The monoisotopic (exact) mass is 410 g/mol. The molecule has 92 valence electrons. The van der Waals surface area contributed by atoms with Crippen LogP contribution in [0.25, 0.3) is 5.32 Å². The van der Waals surface area contributed by atoms with Gasteiger partial charge in [0.05, 0.1) is 0 Å². The molecule has 0 aliphatic rings. The Labute approximate surface area is 119 Å². The van der Waals surface area contributed by atoms with Crippen molar-refractivity contribution in [2.45, 2.75) is 41.0 Å². The smallest absolute Gasteiger partial charge is 0.662 e. The molecular formula is C12H22N2SW. The van der Waals surface area contributed by atoms with E-state index in [4.69, 9.17) is 0 Å². The van der Waals surface area contributed by atoms with Gasteiger partial charge in [-0.3, -0.25) is 0 Å². The second-order valence-corrected chi connectivity index (χ2v) is 4.82. The van der Waals surface area contributed by atoms with E-state index in [2.05, 4.69) is 36.5 Å². The zero-order chi connectivity index (χ0) is 11.7. The minimum atomic E-state index is 0. The van der Waals surface area contributed by atoms with Crippen molar-refractivity contribution in [3.63, 3.8) is 0 Å². The first-order chi connectivity index (χ1) is 7.14. The first-order valence-corrected chi connectivity index (χ1v) is 6.36. The van der Waals surface area contributed by atoms with E-state index in [-0.39, 0.29) is 26.5 Å². The predicted octanol–water partition coefficient (Wildman–Crippen LogP) is 3.93. The molecule has 0 fully saturated rings. The largest absolute Gasteiger partial charge is 2.00 e. The third kappa shape index (κ3) is 8.43. The summed E-state index contributed by atoms with van der Waals surface area (Å²) >= 11 is 1.54. The summed E-state index contributed by atoms with van der Waals surface area (Å²) in [7, 11) is 0. The normalized spacial score (nSPS) is 10.1. The van der Waals surface area contributed by atoms with Gasteiger partial charge in [-0.05, 0) is 6.42 Å². The molecule has 0 bridgehead atoms. The Morgan fingerprint density at radius 2 is 2.06 bits per heavy atom. The van der Waals surface area contributed by atoms with Crippen LogP contribution in [0.15, 0.2) is 6.20 Å². The van der Waals surface area contributed by atoms with E-state index in [1.165, 1.54) is 16.4 Å². The zero-order valence-electron chi connectivity index (χ0n) is 10.9. The van der Waals surface area contributed by atoms with Crippen molar-refractivity contribution in [3.8, 4) is 0 Å². The van der Waals surface area contributed by atoms with Gasteiger partial charge in [0.25, 0.3) is 0 Å². The molecule has 0 atom stereocenters. The van der Waals surface area contributed by atoms with E-state index in [1.807, 2.05) is 13.8 Å². The molecule has 0 radical (unpaired) electrons. The minimum absolute atomic E-state index is 0. The van der Waals surface area contributed by atoms with Crippen LogP contribution in [0, 0.1) is 11.5 Å². The van der Waals surface area contributed by atoms with Gasteiger partial charge in [0.15, 0.2) is 0 Å². The van der Waals surface area contributed by atoms with Gasteiger partial charge in [-0.25, -0.2) is 4.37 Å². The topological polar surface area (TPSA) is 27.0 Å². The molecule has 1 aromatic heterocycles. The molecule has 4 heteroatoms. The van der Waals surface area contributed by atoms with Gasteiger partial charge in [0, 0.05) is 0 Å². The molecule has 1 heterocycles. The number of hydrogen-bond donors (Lipinski definition) is 0. The molecule has 0 saturated carbocycles. The maximum atomic E-state index is 4.39. The fourth-order valence-electron chi connectivity index (χ4n) is 1.20. The maximum Gasteiger partial charge on any atom is 2.00 e. The summed E-state index contributed by atoms with van der Waals surface area (Å²) < 4.78 is 4.04. The maximum absolute atomic E-state index is 4.39. The second-order valence-electron chi connectivity index (χ2n) is 3.93. The van der Waals surface area contributed by atoms with Crippen LogP contribution in [-0.4, -0.2) is 17.5 Å². The van der Waals surface area contributed by atoms with Crippen molar-refractivity contribution < 1.29 is 21.1 Å². The Morgan fingerprint density at radius 1 is 1.44 bits per heavy atom. The first-order valence-electron chi connectivity index (χ1n) is 5.58. The number of hydrogen-bond acceptors (Lipinski definition) is 2.